The van der Waals surface area contributed by atoms with Crippen LogP contribution in [0.5, 0.6) is 5.75 Å². The van der Waals surface area contributed by atoms with Crippen LogP contribution in [0.1, 0.15) is 53.3 Å². The van der Waals surface area contributed by atoms with Crippen LogP contribution in [0.15, 0.2) is 30.3 Å². The van der Waals surface area contributed by atoms with Crippen LogP contribution >= 0.6 is 15.9 Å². The van der Waals surface area contributed by atoms with E-state index < -0.39 is 0 Å². The number of nitrogens with zero attached hydrogens (tertiary/aromatic N) is 1. The monoisotopic (exact) mass is 417 g/mol. The normalized spacial score (nSPS) is 13.4. The van der Waals surface area contributed by atoms with Gasteiger partial charge in [-0.3, -0.25) is 19.3 Å². The lowest BCUT2D eigenvalue weighted by molar-refractivity contribution is -0.134. The van der Waals surface area contributed by atoms with Gasteiger partial charge in [-0.05, 0) is 31.0 Å². The third kappa shape index (κ3) is 3.38. The van der Waals surface area contributed by atoms with Crippen LogP contribution < -0.4 is 4.74 Å². The van der Waals surface area contributed by atoms with Crippen molar-refractivity contribution in [2.75, 3.05) is 11.9 Å². The highest BCUT2D eigenvalue weighted by Crippen LogP contribution is 2.35. The first kappa shape index (κ1) is 18.6. The molecule has 0 saturated carbocycles. The van der Waals surface area contributed by atoms with Gasteiger partial charge in [-0.2, -0.15) is 0 Å². The highest BCUT2D eigenvalue weighted by atomic mass is 79.9. The maximum absolute atomic E-state index is 12.8. The number of hydrogen-bond acceptors (Lipinski definition) is 4. The lowest BCUT2D eigenvalue weighted by atomic mass is 9.93. The van der Waals surface area contributed by atoms with Gasteiger partial charge in [0.05, 0.1) is 0 Å². The van der Waals surface area contributed by atoms with E-state index in [1.807, 2.05) is 6.92 Å². The van der Waals surface area contributed by atoms with E-state index in [2.05, 4.69) is 15.9 Å². The van der Waals surface area contributed by atoms with E-state index in [0.717, 1.165) is 18.2 Å². The number of benzene rings is 2. The van der Waals surface area contributed by atoms with Gasteiger partial charge >= 0.3 is 5.97 Å². The summed E-state index contributed by atoms with van der Waals surface area (Å²) < 4.78 is 5.47. The van der Waals surface area contributed by atoms with Gasteiger partial charge in [-0.15, -0.1) is 0 Å². The molecule has 1 aliphatic rings. The zero-order valence-electron chi connectivity index (χ0n) is 14.6. The number of halogens is 1. The summed E-state index contributed by atoms with van der Waals surface area (Å²) in [6, 6.07) is 8.53. The van der Waals surface area contributed by atoms with E-state index in [-0.39, 0.29) is 17.8 Å². The molecular formula is C20H20BrNO4. The minimum absolute atomic E-state index is 0.288. The molecular weight excluding hydrogens is 398 g/mol. The maximum Gasteiger partial charge on any atom is 0.311 e. The molecule has 0 atom stereocenters. The number of carbonyl (C=O) groups is 3. The molecule has 0 radical (unpaired) electrons. The number of esters is 1. The molecule has 0 aromatic heterocycles. The topological polar surface area (TPSA) is 63.7 Å². The Kier molecular flexibility index (Phi) is 5.71. The molecule has 0 fully saturated rings. The number of alkyl halides is 1. The first-order valence-corrected chi connectivity index (χ1v) is 9.89. The number of amides is 2. The fraction of sp³-hybridized carbons (Fsp3) is 0.350. The first-order valence-electron chi connectivity index (χ1n) is 8.77. The zero-order valence-corrected chi connectivity index (χ0v) is 16.2. The standard InChI is InChI=1S/C20H20BrNO4/c1-2-3-12-22-19(24)14-7-4-6-13-16(26-17(23)8-5-11-21)10-9-15(18(13)14)20(22)25/h4,6-7,9-10H,2-3,5,8,11-12H2,1H3. The van der Waals surface area contributed by atoms with E-state index in [4.69, 9.17) is 4.74 Å². The number of rotatable bonds is 7. The summed E-state index contributed by atoms with van der Waals surface area (Å²) in [7, 11) is 0. The van der Waals surface area contributed by atoms with Crippen molar-refractivity contribution in [1.29, 1.82) is 0 Å². The minimum atomic E-state index is -0.330. The summed E-state index contributed by atoms with van der Waals surface area (Å²) in [5.74, 6) is -0.524. The highest BCUT2D eigenvalue weighted by molar-refractivity contribution is 9.09. The molecule has 0 aliphatic carbocycles. The smallest absolute Gasteiger partial charge is 0.311 e. The van der Waals surface area contributed by atoms with Crippen LogP contribution in [-0.2, 0) is 4.79 Å². The Hall–Kier alpha value is -2.21. The fourth-order valence-electron chi connectivity index (χ4n) is 3.11. The lowest BCUT2D eigenvalue weighted by Gasteiger charge is -2.27. The molecule has 2 aromatic rings. The summed E-state index contributed by atoms with van der Waals surface area (Å²) in [6.07, 6.45) is 2.66. The Balaban J connectivity index is 2.03. The highest BCUT2D eigenvalue weighted by Gasteiger charge is 2.33. The van der Waals surface area contributed by atoms with Crippen molar-refractivity contribution in [1.82, 2.24) is 4.90 Å². The Morgan fingerprint density at radius 2 is 1.81 bits per heavy atom. The molecule has 0 saturated heterocycles. The molecule has 26 heavy (non-hydrogen) atoms. The van der Waals surface area contributed by atoms with Crippen LogP contribution in [-0.4, -0.2) is 34.6 Å². The number of hydrogen-bond donors (Lipinski definition) is 0. The lowest BCUT2D eigenvalue weighted by Crippen LogP contribution is -2.40. The van der Waals surface area contributed by atoms with Crippen molar-refractivity contribution in [3.8, 4) is 5.75 Å². The van der Waals surface area contributed by atoms with E-state index in [1.54, 1.807) is 30.3 Å². The Labute approximate surface area is 160 Å². The molecule has 136 valence electrons. The van der Waals surface area contributed by atoms with Crippen molar-refractivity contribution < 1.29 is 19.1 Å². The Morgan fingerprint density at radius 1 is 1.08 bits per heavy atom. The van der Waals surface area contributed by atoms with Gasteiger partial charge in [0.25, 0.3) is 11.8 Å². The number of imide groups is 1. The molecule has 3 rings (SSSR count). The van der Waals surface area contributed by atoms with Gasteiger partial charge in [0.2, 0.25) is 0 Å². The van der Waals surface area contributed by atoms with Gasteiger partial charge < -0.3 is 4.74 Å². The fourth-order valence-corrected chi connectivity index (χ4v) is 3.39. The van der Waals surface area contributed by atoms with Crippen molar-refractivity contribution >= 4 is 44.5 Å². The van der Waals surface area contributed by atoms with Gasteiger partial charge in [0, 0.05) is 40.2 Å². The summed E-state index contributed by atoms with van der Waals surface area (Å²) >= 11 is 3.29. The van der Waals surface area contributed by atoms with Crippen LogP contribution in [0.2, 0.25) is 0 Å². The van der Waals surface area contributed by atoms with Gasteiger partial charge in [-0.25, -0.2) is 0 Å². The zero-order chi connectivity index (χ0) is 18.7. The van der Waals surface area contributed by atoms with Gasteiger partial charge in [0.1, 0.15) is 5.75 Å². The van der Waals surface area contributed by atoms with Crippen molar-refractivity contribution in [2.45, 2.75) is 32.6 Å². The molecule has 6 heteroatoms. The molecule has 2 aromatic carbocycles. The number of ether oxygens (including phenoxy) is 1. The second kappa shape index (κ2) is 7.99. The second-order valence-corrected chi connectivity index (χ2v) is 7.01. The van der Waals surface area contributed by atoms with E-state index in [9.17, 15) is 14.4 Å². The van der Waals surface area contributed by atoms with E-state index >= 15 is 0 Å². The largest absolute Gasteiger partial charge is 0.426 e. The molecule has 0 bridgehead atoms. The molecule has 1 heterocycles. The molecule has 2 amide bonds. The summed E-state index contributed by atoms with van der Waals surface area (Å²) in [6.45, 7) is 2.43. The molecule has 5 nitrogen and oxygen atoms in total. The molecule has 1 aliphatic heterocycles. The second-order valence-electron chi connectivity index (χ2n) is 6.22. The average molecular weight is 418 g/mol. The predicted octanol–water partition coefficient (Wildman–Crippen LogP) is 4.32. The van der Waals surface area contributed by atoms with Crippen LogP contribution in [0.25, 0.3) is 10.8 Å². The molecule has 0 N–H and O–H groups in total. The number of unbranched alkanes of at least 4 members (excludes halogenated alkanes) is 1. The number of carbonyl (C=O) groups excluding carboxylic acids is 3. The van der Waals surface area contributed by atoms with Crippen molar-refractivity contribution in [3.63, 3.8) is 0 Å². The summed E-state index contributed by atoms with van der Waals surface area (Å²) in [4.78, 5) is 38.9. The first-order chi connectivity index (χ1) is 12.6. The summed E-state index contributed by atoms with van der Waals surface area (Å²) in [5.41, 5.74) is 0.957. The van der Waals surface area contributed by atoms with Crippen LogP contribution in [0, 0.1) is 0 Å². The van der Waals surface area contributed by atoms with E-state index in [0.29, 0.717) is 47.0 Å². The average Bonchev–Trinajstić information content (AvgIpc) is 2.65. The molecule has 0 spiro atoms. The Bertz CT molecular complexity index is 855. The SMILES string of the molecule is CCCCN1C(=O)c2cccc3c(OC(=O)CCCBr)ccc(c23)C1=O. The van der Waals surface area contributed by atoms with Gasteiger partial charge in [-0.1, -0.05) is 41.4 Å². The third-order valence-corrected chi connectivity index (χ3v) is 4.99. The van der Waals surface area contributed by atoms with Crippen molar-refractivity contribution in [3.05, 3.63) is 41.5 Å². The Morgan fingerprint density at radius 3 is 2.50 bits per heavy atom. The van der Waals surface area contributed by atoms with Crippen LogP contribution in [0.3, 0.4) is 0 Å². The van der Waals surface area contributed by atoms with Crippen molar-refractivity contribution in [2.24, 2.45) is 0 Å². The minimum Gasteiger partial charge on any atom is -0.426 e. The van der Waals surface area contributed by atoms with Crippen LogP contribution in [0.4, 0.5) is 0 Å². The third-order valence-electron chi connectivity index (χ3n) is 4.43. The predicted molar refractivity (Wildman–Crippen MR) is 103 cm³/mol. The van der Waals surface area contributed by atoms with Gasteiger partial charge in [0.15, 0.2) is 0 Å². The van der Waals surface area contributed by atoms with E-state index in [1.165, 1.54) is 4.90 Å². The maximum atomic E-state index is 12.8. The quantitative estimate of drug-likeness (QED) is 0.291. The summed E-state index contributed by atoms with van der Waals surface area (Å²) in [5, 5.41) is 1.91. The molecule has 0 unspecified atom stereocenters.